The SMILES string of the molecule is CCCC/C=C/CC/C=C/C(O)C(COC1OC(CO)C(OC2OC(CO)C(OC3OC(CO)C(O)C(O)C3O)C(O)C2O)C(O)C1O)NC(=O)CCCCCCCCCCCCCCCCC/C=C\CCCCCCCCCC. The summed E-state index contributed by atoms with van der Waals surface area (Å²) in [6, 6.07) is -0.985. The van der Waals surface area contributed by atoms with Crippen LogP contribution < -0.4 is 5.32 Å². The summed E-state index contributed by atoms with van der Waals surface area (Å²) < 4.78 is 34.1. The maximum atomic E-state index is 13.3. The highest BCUT2D eigenvalue weighted by Crippen LogP contribution is 2.33. The molecule has 0 saturated carbocycles. The van der Waals surface area contributed by atoms with Crippen molar-refractivity contribution in [3.05, 3.63) is 36.5 Å². The van der Waals surface area contributed by atoms with Gasteiger partial charge in [0.15, 0.2) is 18.9 Å². The zero-order valence-electron chi connectivity index (χ0n) is 48.8. The molecular weight excluding hydrogens is 1030 g/mol. The van der Waals surface area contributed by atoms with E-state index in [9.17, 15) is 61.0 Å². The molecule has 0 radical (unpaired) electrons. The number of nitrogens with one attached hydrogen (secondary N) is 1. The molecule has 0 spiro atoms. The Labute approximate surface area is 479 Å². The molecule has 17 atom stereocenters. The van der Waals surface area contributed by atoms with Crippen LogP contribution in [0.4, 0.5) is 0 Å². The molecule has 0 bridgehead atoms. The first-order chi connectivity index (χ1) is 38.8. The molecule has 0 aromatic rings. The van der Waals surface area contributed by atoms with Crippen molar-refractivity contribution in [2.45, 2.75) is 317 Å². The molecule has 19 nitrogen and oxygen atoms in total. The van der Waals surface area contributed by atoms with E-state index in [1.807, 2.05) is 6.08 Å². The van der Waals surface area contributed by atoms with Gasteiger partial charge in [-0.2, -0.15) is 0 Å². The highest BCUT2D eigenvalue weighted by atomic mass is 16.8. The minimum atomic E-state index is -1.98. The summed E-state index contributed by atoms with van der Waals surface area (Å²) in [5, 5.41) is 120. The number of amides is 1. The van der Waals surface area contributed by atoms with Crippen molar-refractivity contribution in [1.82, 2.24) is 5.32 Å². The number of carbonyl (C=O) groups is 1. The van der Waals surface area contributed by atoms with Gasteiger partial charge in [0, 0.05) is 6.42 Å². The number of hydrogen-bond acceptors (Lipinski definition) is 18. The molecule has 0 aromatic heterocycles. The van der Waals surface area contributed by atoms with Crippen LogP contribution in [0.2, 0.25) is 0 Å². The van der Waals surface area contributed by atoms with E-state index in [1.54, 1.807) is 6.08 Å². The number of carbonyl (C=O) groups excluding carboxylic acids is 1. The Kier molecular flexibility index (Phi) is 40.2. The third kappa shape index (κ3) is 27.8. The Hall–Kier alpha value is -1.99. The fraction of sp³-hybridized carbons (Fsp3) is 0.885. The number of allylic oxidation sites excluding steroid dienone is 5. The lowest BCUT2D eigenvalue weighted by Gasteiger charge is -2.48. The van der Waals surface area contributed by atoms with Crippen molar-refractivity contribution in [3.63, 3.8) is 0 Å². The van der Waals surface area contributed by atoms with Gasteiger partial charge in [-0.3, -0.25) is 4.79 Å². The van der Waals surface area contributed by atoms with Crippen LogP contribution in [0.5, 0.6) is 0 Å². The highest BCUT2D eigenvalue weighted by Gasteiger charge is 2.53. The van der Waals surface area contributed by atoms with Crippen LogP contribution in [0.3, 0.4) is 0 Å². The molecule has 3 aliphatic heterocycles. The molecule has 17 unspecified atom stereocenters. The fourth-order valence-electron chi connectivity index (χ4n) is 10.5. The van der Waals surface area contributed by atoms with E-state index >= 15 is 0 Å². The van der Waals surface area contributed by atoms with E-state index < -0.39 is 124 Å². The lowest BCUT2D eigenvalue weighted by Crippen LogP contribution is -2.66. The molecule has 3 saturated heterocycles. The van der Waals surface area contributed by atoms with Crippen molar-refractivity contribution >= 4 is 5.91 Å². The van der Waals surface area contributed by atoms with Crippen LogP contribution in [0.1, 0.15) is 213 Å². The van der Waals surface area contributed by atoms with Crippen LogP contribution in [-0.2, 0) is 33.2 Å². The van der Waals surface area contributed by atoms with Gasteiger partial charge in [0.1, 0.15) is 73.2 Å². The van der Waals surface area contributed by atoms with Gasteiger partial charge < -0.3 is 89.9 Å². The normalized spacial score (nSPS) is 30.2. The van der Waals surface area contributed by atoms with E-state index in [-0.39, 0.29) is 18.9 Å². The molecule has 3 rings (SSSR count). The number of ether oxygens (including phenoxy) is 6. The molecule has 19 heteroatoms. The zero-order valence-corrected chi connectivity index (χ0v) is 48.8. The van der Waals surface area contributed by atoms with Gasteiger partial charge in [-0.25, -0.2) is 0 Å². The third-order valence-electron chi connectivity index (χ3n) is 15.7. The second-order valence-electron chi connectivity index (χ2n) is 22.5. The standard InChI is InChI=1S/C61H111NO18/c1-3-5-7-9-11-13-14-15-16-17-18-19-20-21-22-23-24-25-26-27-28-29-30-31-33-35-37-39-49(67)62-44(45(66)38-36-34-32-12-10-8-6-4-2)43-75-59-55(73)52(70)57(47(41-64)77-59)80-61-56(74)53(71)58(48(42-65)78-61)79-60-54(72)51(69)50(68)46(40-63)76-60/h10,12,17-18,36,38,44-48,50-61,63-66,68-74H,3-9,11,13-16,19-35,37,39-43H2,1-2H3,(H,62,67)/b12-10+,18-17-,38-36+. The Balaban J connectivity index is 1.38. The van der Waals surface area contributed by atoms with E-state index in [4.69, 9.17) is 28.4 Å². The number of aliphatic hydroxyl groups excluding tert-OH is 11. The van der Waals surface area contributed by atoms with E-state index in [1.165, 1.54) is 135 Å². The molecule has 0 aliphatic carbocycles. The van der Waals surface area contributed by atoms with Gasteiger partial charge in [0.05, 0.1) is 38.6 Å². The second-order valence-corrected chi connectivity index (χ2v) is 22.5. The maximum absolute atomic E-state index is 13.3. The lowest BCUT2D eigenvalue weighted by molar-refractivity contribution is -0.379. The molecule has 80 heavy (non-hydrogen) atoms. The summed E-state index contributed by atoms with van der Waals surface area (Å²) in [6.45, 7) is 1.62. The van der Waals surface area contributed by atoms with Crippen LogP contribution in [0, 0.1) is 0 Å². The Bertz CT molecular complexity index is 1600. The molecule has 468 valence electrons. The molecule has 12 N–H and O–H groups in total. The van der Waals surface area contributed by atoms with Crippen LogP contribution in [0.15, 0.2) is 36.5 Å². The minimum Gasteiger partial charge on any atom is -0.394 e. The summed E-state index contributed by atoms with van der Waals surface area (Å²) >= 11 is 0. The first-order valence-electron chi connectivity index (χ1n) is 31.2. The first-order valence-corrected chi connectivity index (χ1v) is 31.2. The van der Waals surface area contributed by atoms with E-state index in [0.29, 0.717) is 12.8 Å². The van der Waals surface area contributed by atoms with Crippen molar-refractivity contribution in [2.75, 3.05) is 26.4 Å². The third-order valence-corrected chi connectivity index (χ3v) is 15.7. The molecule has 3 fully saturated rings. The van der Waals surface area contributed by atoms with Crippen LogP contribution in [0.25, 0.3) is 0 Å². The summed E-state index contributed by atoms with van der Waals surface area (Å²) in [5.74, 6) is -0.288. The molecular formula is C61H111NO18. The van der Waals surface area contributed by atoms with Gasteiger partial charge in [0.2, 0.25) is 5.91 Å². The smallest absolute Gasteiger partial charge is 0.220 e. The molecule has 3 heterocycles. The topological polar surface area (TPSA) is 307 Å². The van der Waals surface area contributed by atoms with Crippen molar-refractivity contribution in [1.29, 1.82) is 0 Å². The van der Waals surface area contributed by atoms with Gasteiger partial charge in [-0.1, -0.05) is 192 Å². The minimum absolute atomic E-state index is 0.236. The van der Waals surface area contributed by atoms with Crippen molar-refractivity contribution < 1.29 is 89.4 Å². The largest absolute Gasteiger partial charge is 0.394 e. The number of unbranched alkanes of at least 4 members (excludes halogenated alkanes) is 26. The van der Waals surface area contributed by atoms with Gasteiger partial charge in [-0.05, 0) is 51.4 Å². The first kappa shape index (κ1) is 72.3. The lowest BCUT2D eigenvalue weighted by atomic mass is 9.96. The molecule has 0 aromatic carbocycles. The molecule has 3 aliphatic rings. The van der Waals surface area contributed by atoms with E-state index in [0.717, 1.165) is 44.9 Å². The fourth-order valence-corrected chi connectivity index (χ4v) is 10.5. The molecule has 1 amide bonds. The van der Waals surface area contributed by atoms with E-state index in [2.05, 4.69) is 43.5 Å². The Morgan fingerprint density at radius 1 is 0.438 bits per heavy atom. The summed E-state index contributed by atoms with van der Waals surface area (Å²) in [7, 11) is 0. The predicted octanol–water partition coefficient (Wildman–Crippen LogP) is 6.10. The van der Waals surface area contributed by atoms with Crippen molar-refractivity contribution in [2.24, 2.45) is 0 Å². The Morgan fingerprint density at radius 2 is 0.812 bits per heavy atom. The Morgan fingerprint density at radius 3 is 1.29 bits per heavy atom. The summed E-state index contributed by atoms with van der Waals surface area (Å²) in [5.41, 5.74) is 0. The van der Waals surface area contributed by atoms with Gasteiger partial charge in [-0.15, -0.1) is 0 Å². The van der Waals surface area contributed by atoms with Crippen LogP contribution in [-0.4, -0.2) is 193 Å². The predicted molar refractivity (Wildman–Crippen MR) is 305 cm³/mol. The summed E-state index contributed by atoms with van der Waals surface area (Å²) in [4.78, 5) is 13.3. The average Bonchev–Trinajstić information content (AvgIpc) is 3.55. The van der Waals surface area contributed by atoms with Crippen molar-refractivity contribution in [3.8, 4) is 0 Å². The average molecular weight is 1150 g/mol. The second kappa shape index (κ2) is 44.5. The number of aliphatic hydroxyl groups is 11. The monoisotopic (exact) mass is 1150 g/mol. The number of hydrogen-bond donors (Lipinski definition) is 12. The quantitative estimate of drug-likeness (QED) is 0.0242. The maximum Gasteiger partial charge on any atom is 0.220 e. The van der Waals surface area contributed by atoms with Gasteiger partial charge >= 0.3 is 0 Å². The van der Waals surface area contributed by atoms with Gasteiger partial charge in [0.25, 0.3) is 0 Å². The highest BCUT2D eigenvalue weighted by molar-refractivity contribution is 5.76. The number of rotatable bonds is 46. The zero-order chi connectivity index (χ0) is 58.3. The van der Waals surface area contributed by atoms with Crippen LogP contribution >= 0.6 is 0 Å². The summed E-state index contributed by atoms with van der Waals surface area (Å²) in [6.07, 6.45) is 21.8.